The van der Waals surface area contributed by atoms with E-state index in [1.807, 2.05) is 60.7 Å². The van der Waals surface area contributed by atoms with Crippen LogP contribution in [0.15, 0.2) is 72.8 Å². The van der Waals surface area contributed by atoms with Crippen LogP contribution in [-0.2, 0) is 22.7 Å². The van der Waals surface area contributed by atoms with E-state index in [-0.39, 0.29) is 13.2 Å². The van der Waals surface area contributed by atoms with Crippen LogP contribution in [0.2, 0.25) is 0 Å². The zero-order valence-corrected chi connectivity index (χ0v) is 13.5. The van der Waals surface area contributed by atoms with E-state index in [1.165, 1.54) is 12.2 Å². The molecule has 0 saturated carbocycles. The molecule has 2 aromatic rings. The molecular weight excluding hydrogens is 310 g/mol. The molecule has 4 heteroatoms. The van der Waals surface area contributed by atoms with Gasteiger partial charge in [0.1, 0.15) is 12.3 Å². The maximum absolute atomic E-state index is 13.6. The van der Waals surface area contributed by atoms with Gasteiger partial charge in [0.25, 0.3) is 0 Å². The van der Waals surface area contributed by atoms with E-state index in [9.17, 15) is 8.78 Å². The number of halogens is 2. The van der Waals surface area contributed by atoms with Crippen LogP contribution in [0.1, 0.15) is 11.1 Å². The summed E-state index contributed by atoms with van der Waals surface area (Å²) in [5.74, 6) is 0. The van der Waals surface area contributed by atoms with Crippen molar-refractivity contribution in [1.29, 1.82) is 0 Å². The third kappa shape index (κ3) is 7.49. The van der Waals surface area contributed by atoms with Crippen LogP contribution < -0.4 is 0 Å². The molecule has 2 nitrogen and oxygen atoms in total. The molecule has 24 heavy (non-hydrogen) atoms. The first-order chi connectivity index (χ1) is 11.7. The minimum Gasteiger partial charge on any atom is -0.373 e. The Hall–Kier alpha value is -2.04. The normalized spacial score (nSPS) is 13.9. The number of rotatable bonds is 10. The Balaban J connectivity index is 1.59. The van der Waals surface area contributed by atoms with Crippen LogP contribution in [0.25, 0.3) is 0 Å². The van der Waals surface area contributed by atoms with Gasteiger partial charge in [-0.2, -0.15) is 0 Å². The Bertz CT molecular complexity index is 534. The maximum Gasteiger partial charge on any atom is 0.142 e. The first-order valence-electron chi connectivity index (χ1n) is 7.94. The largest absolute Gasteiger partial charge is 0.373 e. The van der Waals surface area contributed by atoms with Crippen molar-refractivity contribution < 1.29 is 18.3 Å². The van der Waals surface area contributed by atoms with Gasteiger partial charge in [-0.3, -0.25) is 0 Å². The summed E-state index contributed by atoms with van der Waals surface area (Å²) in [7, 11) is 0. The number of benzene rings is 2. The number of hydrogen-bond donors (Lipinski definition) is 0. The maximum atomic E-state index is 13.6. The Morgan fingerprint density at radius 2 is 1.04 bits per heavy atom. The first kappa shape index (κ1) is 18.3. The van der Waals surface area contributed by atoms with Crippen molar-refractivity contribution in [3.8, 4) is 0 Å². The van der Waals surface area contributed by atoms with E-state index in [0.29, 0.717) is 13.2 Å². The molecule has 0 fully saturated rings. The van der Waals surface area contributed by atoms with E-state index < -0.39 is 12.3 Å². The third-order valence-electron chi connectivity index (χ3n) is 3.31. The molecule has 128 valence electrons. The summed E-state index contributed by atoms with van der Waals surface area (Å²) in [5, 5.41) is 0. The van der Waals surface area contributed by atoms with Gasteiger partial charge in [-0.05, 0) is 23.3 Å². The molecule has 0 radical (unpaired) electrons. The lowest BCUT2D eigenvalue weighted by molar-refractivity contribution is 0.0803. The molecular formula is C20H22F2O2. The fourth-order valence-corrected chi connectivity index (χ4v) is 2.08. The second-order valence-corrected chi connectivity index (χ2v) is 5.42. The lowest BCUT2D eigenvalue weighted by atomic mass is 10.2. The topological polar surface area (TPSA) is 18.5 Å². The minimum atomic E-state index is -1.33. The van der Waals surface area contributed by atoms with Gasteiger partial charge in [0.15, 0.2) is 0 Å². The quantitative estimate of drug-likeness (QED) is 0.590. The first-order valence-corrected chi connectivity index (χ1v) is 7.94. The Morgan fingerprint density at radius 3 is 1.42 bits per heavy atom. The predicted octanol–water partition coefficient (Wildman–Crippen LogP) is 4.65. The number of ether oxygens (including phenoxy) is 2. The lowest BCUT2D eigenvalue weighted by Crippen LogP contribution is -2.11. The van der Waals surface area contributed by atoms with Crippen molar-refractivity contribution >= 4 is 0 Å². The molecule has 0 amide bonds. The summed E-state index contributed by atoms with van der Waals surface area (Å²) in [6.45, 7) is 0.495. The third-order valence-corrected chi connectivity index (χ3v) is 3.31. The van der Waals surface area contributed by atoms with Gasteiger partial charge in [-0.25, -0.2) is 8.78 Å². The fraction of sp³-hybridized carbons (Fsp3) is 0.300. The highest BCUT2D eigenvalue weighted by Gasteiger charge is 2.06. The standard InChI is InChI=1S/C20H22F2O2/c21-19(15-23-13-17-7-3-1-4-8-17)11-12-20(22)16-24-14-18-9-5-2-6-10-18/h1-12,19-20H,13-16H2. The highest BCUT2D eigenvalue weighted by atomic mass is 19.1. The molecule has 0 heterocycles. The number of hydrogen-bond acceptors (Lipinski definition) is 2. The average molecular weight is 332 g/mol. The van der Waals surface area contributed by atoms with E-state index in [0.717, 1.165) is 11.1 Å². The summed E-state index contributed by atoms with van der Waals surface area (Å²) >= 11 is 0. The zero-order valence-electron chi connectivity index (χ0n) is 13.5. The van der Waals surface area contributed by atoms with Crippen LogP contribution in [0.4, 0.5) is 8.78 Å². The Labute approximate surface area is 141 Å². The van der Waals surface area contributed by atoms with Gasteiger partial charge < -0.3 is 9.47 Å². The Morgan fingerprint density at radius 1 is 0.667 bits per heavy atom. The van der Waals surface area contributed by atoms with E-state index in [2.05, 4.69) is 0 Å². The monoisotopic (exact) mass is 332 g/mol. The second-order valence-electron chi connectivity index (χ2n) is 5.42. The highest BCUT2D eigenvalue weighted by molar-refractivity contribution is 5.14. The van der Waals surface area contributed by atoms with Gasteiger partial charge in [0.05, 0.1) is 26.4 Å². The lowest BCUT2D eigenvalue weighted by Gasteiger charge is -2.08. The minimum absolute atomic E-state index is 0.0943. The van der Waals surface area contributed by atoms with Crippen LogP contribution in [0.5, 0.6) is 0 Å². The van der Waals surface area contributed by atoms with Crippen LogP contribution in [0.3, 0.4) is 0 Å². The van der Waals surface area contributed by atoms with Crippen LogP contribution in [0, 0.1) is 0 Å². The van der Waals surface area contributed by atoms with Gasteiger partial charge in [0.2, 0.25) is 0 Å². The molecule has 2 atom stereocenters. The molecule has 0 N–H and O–H groups in total. The molecule has 0 aliphatic heterocycles. The summed E-state index contributed by atoms with van der Waals surface area (Å²) in [4.78, 5) is 0. The summed E-state index contributed by atoms with van der Waals surface area (Å²) in [6.07, 6.45) is -0.300. The average Bonchev–Trinajstić information content (AvgIpc) is 2.62. The Kier molecular flexibility index (Phi) is 8.15. The molecule has 0 spiro atoms. The van der Waals surface area contributed by atoms with Gasteiger partial charge in [-0.1, -0.05) is 60.7 Å². The predicted molar refractivity (Wildman–Crippen MR) is 91.1 cm³/mol. The van der Waals surface area contributed by atoms with Crippen LogP contribution in [-0.4, -0.2) is 25.6 Å². The molecule has 0 aliphatic carbocycles. The summed E-state index contributed by atoms with van der Waals surface area (Å²) < 4.78 is 37.8. The van der Waals surface area contributed by atoms with Gasteiger partial charge >= 0.3 is 0 Å². The van der Waals surface area contributed by atoms with Crippen molar-refractivity contribution in [1.82, 2.24) is 0 Å². The SMILES string of the molecule is FC(C=CC(F)COCc1ccccc1)COCc1ccccc1. The van der Waals surface area contributed by atoms with Crippen molar-refractivity contribution in [2.45, 2.75) is 25.6 Å². The van der Waals surface area contributed by atoms with Crippen molar-refractivity contribution in [2.24, 2.45) is 0 Å². The van der Waals surface area contributed by atoms with Crippen molar-refractivity contribution in [3.05, 3.63) is 83.9 Å². The van der Waals surface area contributed by atoms with Gasteiger partial charge in [-0.15, -0.1) is 0 Å². The van der Waals surface area contributed by atoms with Gasteiger partial charge in [0, 0.05) is 0 Å². The molecule has 0 bridgehead atoms. The fourth-order valence-electron chi connectivity index (χ4n) is 2.08. The van der Waals surface area contributed by atoms with Crippen molar-refractivity contribution in [2.75, 3.05) is 13.2 Å². The van der Waals surface area contributed by atoms with Crippen molar-refractivity contribution in [3.63, 3.8) is 0 Å². The van der Waals surface area contributed by atoms with E-state index in [4.69, 9.17) is 9.47 Å². The molecule has 2 unspecified atom stereocenters. The smallest absolute Gasteiger partial charge is 0.142 e. The molecule has 0 aliphatic rings. The zero-order chi connectivity index (χ0) is 17.0. The highest BCUT2D eigenvalue weighted by Crippen LogP contribution is 2.06. The molecule has 0 saturated heterocycles. The second kappa shape index (κ2) is 10.7. The number of alkyl halides is 2. The summed E-state index contributed by atoms with van der Waals surface area (Å²) in [5.41, 5.74) is 1.96. The summed E-state index contributed by atoms with van der Waals surface area (Å²) in [6, 6.07) is 19.0. The van der Waals surface area contributed by atoms with Crippen LogP contribution >= 0.6 is 0 Å². The molecule has 0 aromatic heterocycles. The van der Waals surface area contributed by atoms with E-state index in [1.54, 1.807) is 0 Å². The molecule has 2 aromatic carbocycles. The molecule has 2 rings (SSSR count). The van der Waals surface area contributed by atoms with E-state index >= 15 is 0 Å².